The van der Waals surface area contributed by atoms with Crippen molar-refractivity contribution in [3.63, 3.8) is 0 Å². The van der Waals surface area contributed by atoms with E-state index in [1.54, 1.807) is 17.7 Å². The summed E-state index contributed by atoms with van der Waals surface area (Å²) < 4.78 is 39.3. The van der Waals surface area contributed by atoms with Gasteiger partial charge in [0.25, 0.3) is 0 Å². The number of nitrogens with zero attached hydrogens (tertiary/aromatic N) is 4. The molecule has 8 heteroatoms. The number of aryl methyl sites for hydroxylation is 1. The van der Waals surface area contributed by atoms with Crippen LogP contribution in [-0.4, -0.2) is 14.8 Å². The van der Waals surface area contributed by atoms with Crippen molar-refractivity contribution in [1.29, 1.82) is 5.26 Å². The van der Waals surface area contributed by atoms with Gasteiger partial charge in [0.2, 0.25) is 0 Å². The number of hydrogen-bond acceptors (Lipinski definition) is 4. The van der Waals surface area contributed by atoms with E-state index in [2.05, 4.69) is 15.5 Å². The Morgan fingerprint density at radius 2 is 2.15 bits per heavy atom. The number of nitriles is 1. The predicted octanol–water partition coefficient (Wildman–Crippen LogP) is 2.32. The normalized spacial score (nSPS) is 11.2. The molecule has 2 aromatic rings. The van der Waals surface area contributed by atoms with Crippen molar-refractivity contribution in [3.05, 3.63) is 41.5 Å². The second-order valence-corrected chi connectivity index (χ2v) is 4.08. The Balaban J connectivity index is 2.21. The van der Waals surface area contributed by atoms with Crippen molar-refractivity contribution in [2.75, 3.05) is 5.32 Å². The van der Waals surface area contributed by atoms with Crippen molar-refractivity contribution >= 4 is 5.69 Å². The third-order valence-electron chi connectivity index (χ3n) is 2.71. The van der Waals surface area contributed by atoms with Gasteiger partial charge in [-0.3, -0.25) is 0 Å². The van der Waals surface area contributed by atoms with E-state index in [1.165, 1.54) is 12.4 Å². The summed E-state index contributed by atoms with van der Waals surface area (Å²) in [5.41, 5.74) is -0.594. The van der Waals surface area contributed by atoms with Gasteiger partial charge in [-0.1, -0.05) is 0 Å². The lowest BCUT2D eigenvalue weighted by Crippen LogP contribution is -2.09. The maximum absolute atomic E-state index is 12.5. The fourth-order valence-electron chi connectivity index (χ4n) is 1.61. The molecule has 0 atom stereocenters. The summed E-state index contributed by atoms with van der Waals surface area (Å²) in [4.78, 5) is 0. The molecule has 0 unspecified atom stereocenters. The summed E-state index contributed by atoms with van der Waals surface area (Å²) >= 11 is 0. The van der Waals surface area contributed by atoms with Gasteiger partial charge >= 0.3 is 6.18 Å². The molecule has 5 nitrogen and oxygen atoms in total. The Kier molecular flexibility index (Phi) is 3.61. The minimum Gasteiger partial charge on any atom is -0.377 e. The number of rotatable bonds is 3. The molecule has 1 N–H and O–H groups in total. The molecule has 1 heterocycles. The van der Waals surface area contributed by atoms with Crippen LogP contribution in [-0.2, 0) is 19.8 Å². The molecule has 0 amide bonds. The van der Waals surface area contributed by atoms with Crippen LogP contribution >= 0.6 is 0 Å². The smallest absolute Gasteiger partial charge is 0.377 e. The first-order valence-electron chi connectivity index (χ1n) is 5.60. The van der Waals surface area contributed by atoms with E-state index in [1.807, 2.05) is 0 Å². The molecular formula is C12H10F3N5. The standard InChI is InChI=1S/C12H10F3N5/c1-20-7-18-19-11(20)6-17-10-3-2-9(12(13,14)15)4-8(10)5-16/h2-4,7,17H,6H2,1H3. The van der Waals surface area contributed by atoms with Gasteiger partial charge < -0.3 is 9.88 Å². The van der Waals surface area contributed by atoms with Gasteiger partial charge in [0, 0.05) is 7.05 Å². The maximum Gasteiger partial charge on any atom is 0.416 e. The van der Waals surface area contributed by atoms with Gasteiger partial charge in [-0.15, -0.1) is 10.2 Å². The van der Waals surface area contributed by atoms with Crippen molar-refractivity contribution in [3.8, 4) is 6.07 Å². The van der Waals surface area contributed by atoms with Crippen LogP contribution in [0, 0.1) is 11.3 Å². The number of halogens is 3. The summed E-state index contributed by atoms with van der Waals surface area (Å²) in [6.45, 7) is 0.260. The zero-order valence-corrected chi connectivity index (χ0v) is 10.4. The Labute approximate surface area is 112 Å². The molecule has 0 fully saturated rings. The summed E-state index contributed by atoms with van der Waals surface area (Å²) in [6, 6.07) is 4.73. The monoisotopic (exact) mass is 281 g/mol. The summed E-state index contributed by atoms with van der Waals surface area (Å²) in [6.07, 6.45) is -2.96. The molecule has 0 aliphatic heterocycles. The number of hydrogen-bond donors (Lipinski definition) is 1. The Morgan fingerprint density at radius 1 is 1.40 bits per heavy atom. The van der Waals surface area contributed by atoms with E-state index in [0.29, 0.717) is 11.5 Å². The van der Waals surface area contributed by atoms with Crippen LogP contribution in [0.4, 0.5) is 18.9 Å². The van der Waals surface area contributed by atoms with Gasteiger partial charge in [-0.25, -0.2) is 0 Å². The van der Waals surface area contributed by atoms with E-state index >= 15 is 0 Å². The zero-order chi connectivity index (χ0) is 14.8. The van der Waals surface area contributed by atoms with E-state index in [4.69, 9.17) is 5.26 Å². The molecule has 104 valence electrons. The van der Waals surface area contributed by atoms with Crippen LogP contribution < -0.4 is 5.32 Å². The van der Waals surface area contributed by atoms with Crippen LogP contribution in [0.15, 0.2) is 24.5 Å². The average Bonchev–Trinajstić information content (AvgIpc) is 2.80. The van der Waals surface area contributed by atoms with Crippen LogP contribution in [0.3, 0.4) is 0 Å². The highest BCUT2D eigenvalue weighted by molar-refractivity contribution is 5.58. The van der Waals surface area contributed by atoms with Crippen LogP contribution in [0.1, 0.15) is 17.0 Å². The molecule has 0 bridgehead atoms. The molecule has 0 radical (unpaired) electrons. The second-order valence-electron chi connectivity index (χ2n) is 4.08. The van der Waals surface area contributed by atoms with Gasteiger partial charge in [-0.2, -0.15) is 18.4 Å². The van der Waals surface area contributed by atoms with E-state index in [9.17, 15) is 13.2 Å². The summed E-state index contributed by atoms with van der Waals surface area (Å²) in [7, 11) is 1.75. The topological polar surface area (TPSA) is 66.5 Å². The largest absolute Gasteiger partial charge is 0.416 e. The molecule has 0 saturated carbocycles. The minimum atomic E-state index is -4.46. The van der Waals surface area contributed by atoms with E-state index < -0.39 is 11.7 Å². The molecule has 0 aliphatic carbocycles. The molecule has 2 rings (SSSR count). The van der Waals surface area contributed by atoms with Gasteiger partial charge in [0.15, 0.2) is 5.82 Å². The molecule has 20 heavy (non-hydrogen) atoms. The third kappa shape index (κ3) is 2.88. The molecule has 1 aromatic carbocycles. The predicted molar refractivity (Wildman–Crippen MR) is 64.5 cm³/mol. The Bertz CT molecular complexity index is 654. The van der Waals surface area contributed by atoms with Gasteiger partial charge in [-0.05, 0) is 18.2 Å². The lowest BCUT2D eigenvalue weighted by molar-refractivity contribution is -0.137. The van der Waals surface area contributed by atoms with Crippen LogP contribution in [0.25, 0.3) is 0 Å². The fraction of sp³-hybridized carbons (Fsp3) is 0.250. The molecule has 0 aliphatic rings. The quantitative estimate of drug-likeness (QED) is 0.937. The Morgan fingerprint density at radius 3 is 2.70 bits per heavy atom. The molecule has 0 saturated heterocycles. The third-order valence-corrected chi connectivity index (χ3v) is 2.71. The first kappa shape index (κ1) is 13.9. The zero-order valence-electron chi connectivity index (χ0n) is 10.4. The number of anilines is 1. The van der Waals surface area contributed by atoms with Crippen molar-refractivity contribution < 1.29 is 13.2 Å². The molecule has 1 aromatic heterocycles. The molecule has 0 spiro atoms. The van der Waals surface area contributed by atoms with Gasteiger partial charge in [0.1, 0.15) is 12.4 Å². The summed E-state index contributed by atoms with van der Waals surface area (Å²) in [5.74, 6) is 0.605. The van der Waals surface area contributed by atoms with E-state index in [-0.39, 0.29) is 12.1 Å². The number of aromatic nitrogens is 3. The van der Waals surface area contributed by atoms with Crippen LogP contribution in [0.2, 0.25) is 0 Å². The fourth-order valence-corrected chi connectivity index (χ4v) is 1.61. The first-order chi connectivity index (χ1) is 9.41. The van der Waals surface area contributed by atoms with Crippen molar-refractivity contribution in [2.24, 2.45) is 7.05 Å². The highest BCUT2D eigenvalue weighted by atomic mass is 19.4. The second kappa shape index (κ2) is 5.21. The van der Waals surface area contributed by atoms with Crippen molar-refractivity contribution in [1.82, 2.24) is 14.8 Å². The summed E-state index contributed by atoms with van der Waals surface area (Å²) in [5, 5.41) is 19.3. The maximum atomic E-state index is 12.5. The van der Waals surface area contributed by atoms with Crippen molar-refractivity contribution in [2.45, 2.75) is 12.7 Å². The molecular weight excluding hydrogens is 271 g/mol. The first-order valence-corrected chi connectivity index (χ1v) is 5.60. The van der Waals surface area contributed by atoms with E-state index in [0.717, 1.165) is 12.1 Å². The van der Waals surface area contributed by atoms with Gasteiger partial charge in [0.05, 0.1) is 23.4 Å². The van der Waals surface area contributed by atoms with Crippen LogP contribution in [0.5, 0.6) is 0 Å². The number of alkyl halides is 3. The lowest BCUT2D eigenvalue weighted by Gasteiger charge is -2.11. The average molecular weight is 281 g/mol. The number of nitrogens with one attached hydrogen (secondary N) is 1. The minimum absolute atomic E-state index is 0.0676. The highest BCUT2D eigenvalue weighted by Gasteiger charge is 2.31. The highest BCUT2D eigenvalue weighted by Crippen LogP contribution is 2.31. The Hall–Kier alpha value is -2.56. The number of benzene rings is 1. The SMILES string of the molecule is Cn1cnnc1CNc1ccc(C(F)(F)F)cc1C#N. The lowest BCUT2D eigenvalue weighted by atomic mass is 10.1.